The number of hydrogen-bond acceptors (Lipinski definition) is 4. The smallest absolute Gasteiger partial charge is 0.309 e. The Kier molecular flexibility index (Phi) is 5.24. The molecule has 3 fully saturated rings. The summed E-state index contributed by atoms with van der Waals surface area (Å²) >= 11 is 0. The van der Waals surface area contributed by atoms with Crippen LogP contribution < -0.4 is 0 Å². The van der Waals surface area contributed by atoms with E-state index in [-0.39, 0.29) is 45.4 Å². The summed E-state index contributed by atoms with van der Waals surface area (Å²) < 4.78 is 0. The third-order valence-electron chi connectivity index (χ3n) is 12.5. The molecule has 36 heavy (non-hydrogen) atoms. The van der Waals surface area contributed by atoms with Gasteiger partial charge in [-0.25, -0.2) is 0 Å². The highest BCUT2D eigenvalue weighted by Gasteiger charge is 2.70. The summed E-state index contributed by atoms with van der Waals surface area (Å²) in [5, 5.41) is 32.3. The number of rotatable bonds is 1. The molecule has 2 N–H and O–H groups in total. The summed E-state index contributed by atoms with van der Waals surface area (Å²) in [5.74, 6) is -0.931. The van der Waals surface area contributed by atoms with Crippen molar-refractivity contribution in [3.8, 4) is 6.07 Å². The summed E-state index contributed by atoms with van der Waals surface area (Å²) in [6.45, 7) is 15.2. The monoisotopic (exact) mass is 493 g/mol. The fraction of sp³-hybridized carbons (Fsp3) is 0.774. The van der Waals surface area contributed by atoms with E-state index in [1.165, 1.54) is 0 Å². The Labute approximate surface area is 216 Å². The molecule has 5 aliphatic rings. The molecule has 0 spiro atoms. The number of aliphatic hydroxyl groups excluding tert-OH is 1. The molecule has 0 aromatic heterocycles. The zero-order valence-electron chi connectivity index (χ0n) is 23.1. The van der Waals surface area contributed by atoms with Crippen molar-refractivity contribution < 1.29 is 19.8 Å². The average molecular weight is 494 g/mol. The van der Waals surface area contributed by atoms with Crippen molar-refractivity contribution in [3.63, 3.8) is 0 Å². The third-order valence-corrected chi connectivity index (χ3v) is 12.5. The molecule has 5 nitrogen and oxygen atoms in total. The molecule has 0 aliphatic heterocycles. The molecule has 4 unspecified atom stereocenters. The second-order valence-corrected chi connectivity index (χ2v) is 14.9. The van der Waals surface area contributed by atoms with E-state index in [9.17, 15) is 25.1 Å². The van der Waals surface area contributed by atoms with Crippen LogP contribution >= 0.6 is 0 Å². The van der Waals surface area contributed by atoms with Crippen LogP contribution in [0.2, 0.25) is 0 Å². The number of ketones is 1. The maximum atomic E-state index is 13.2. The Balaban J connectivity index is 1.70. The first-order chi connectivity index (χ1) is 16.5. The second-order valence-electron chi connectivity index (χ2n) is 14.9. The predicted octanol–water partition coefficient (Wildman–Crippen LogP) is 6.08. The summed E-state index contributed by atoms with van der Waals surface area (Å²) in [7, 11) is 0. The van der Waals surface area contributed by atoms with Gasteiger partial charge >= 0.3 is 5.97 Å². The number of aliphatic hydroxyl groups is 1. The largest absolute Gasteiger partial charge is 0.481 e. The fourth-order valence-electron chi connectivity index (χ4n) is 10.3. The van der Waals surface area contributed by atoms with E-state index >= 15 is 0 Å². The van der Waals surface area contributed by atoms with Gasteiger partial charge in [-0.05, 0) is 78.9 Å². The summed E-state index contributed by atoms with van der Waals surface area (Å²) in [4.78, 5) is 26.0. The average Bonchev–Trinajstić information content (AvgIpc) is 2.77. The number of aliphatic carboxylic acids is 1. The molecule has 3 saturated carbocycles. The minimum absolute atomic E-state index is 0.0499. The quantitative estimate of drug-likeness (QED) is 0.431. The van der Waals surface area contributed by atoms with Crippen LogP contribution in [0.3, 0.4) is 0 Å². The number of carboxylic acid groups (broad SMARTS) is 1. The number of carbonyl (C=O) groups is 2. The number of nitriles is 1. The second kappa shape index (κ2) is 7.34. The van der Waals surface area contributed by atoms with Gasteiger partial charge in [0, 0.05) is 10.8 Å². The molecular formula is C31H43NO4. The SMILES string of the molecule is CC1(C)CC[C@]2(C(=O)O)CC[C@]3(C)C(C(O)C=C4[C@@]5(C)C=C(C#N)C(=O)C(C)(C)C5CC[C@]43C)C2C1. The van der Waals surface area contributed by atoms with Gasteiger partial charge in [0.2, 0.25) is 0 Å². The van der Waals surface area contributed by atoms with Gasteiger partial charge in [-0.2, -0.15) is 5.26 Å². The van der Waals surface area contributed by atoms with Gasteiger partial charge < -0.3 is 10.2 Å². The topological polar surface area (TPSA) is 98.4 Å². The number of carbonyl (C=O) groups excluding carboxylic acids is 1. The van der Waals surface area contributed by atoms with Crippen LogP contribution in [0.4, 0.5) is 0 Å². The molecular weight excluding hydrogens is 450 g/mol. The lowest BCUT2D eigenvalue weighted by atomic mass is 9.34. The van der Waals surface area contributed by atoms with Crippen LogP contribution in [0, 0.1) is 61.6 Å². The van der Waals surface area contributed by atoms with Gasteiger partial charge in [-0.1, -0.05) is 66.2 Å². The summed E-state index contributed by atoms with van der Waals surface area (Å²) in [6, 6.07) is 2.17. The molecule has 5 heteroatoms. The third kappa shape index (κ3) is 2.91. The van der Waals surface area contributed by atoms with Gasteiger partial charge in [0.25, 0.3) is 0 Å². The number of carboxylic acids is 1. The van der Waals surface area contributed by atoms with Crippen LogP contribution in [0.5, 0.6) is 0 Å². The Morgan fingerprint density at radius 1 is 1.03 bits per heavy atom. The van der Waals surface area contributed by atoms with E-state index in [2.05, 4.69) is 40.7 Å². The van der Waals surface area contributed by atoms with Gasteiger partial charge in [0.15, 0.2) is 5.78 Å². The highest BCUT2D eigenvalue weighted by atomic mass is 16.4. The van der Waals surface area contributed by atoms with Crippen molar-refractivity contribution in [3.05, 3.63) is 23.3 Å². The standard InChI is InChI=1S/C31H43NO4/c1-26(2)10-12-31(25(35)36)13-11-30(7)23(19(31)16-26)20(33)14-22-28(5)15-18(17-32)24(34)27(3,4)21(28)8-9-29(22,30)6/h14-15,19-21,23,33H,8-13,16H2,1-7H3,(H,35,36)/t19?,20?,21?,23?,28-,29+,30+,31-/m0/s1. The molecule has 0 radical (unpaired) electrons. The van der Waals surface area contributed by atoms with Gasteiger partial charge in [0.05, 0.1) is 17.1 Å². The first-order valence-corrected chi connectivity index (χ1v) is 13.8. The zero-order valence-corrected chi connectivity index (χ0v) is 23.1. The maximum absolute atomic E-state index is 13.2. The Hall–Kier alpha value is -1.93. The predicted molar refractivity (Wildman–Crippen MR) is 138 cm³/mol. The van der Waals surface area contributed by atoms with E-state index in [1.807, 2.05) is 26.0 Å². The number of fused-ring (bicyclic) bond motifs is 7. The van der Waals surface area contributed by atoms with Crippen LogP contribution in [-0.2, 0) is 9.59 Å². The number of nitrogens with zero attached hydrogens (tertiary/aromatic N) is 1. The van der Waals surface area contributed by atoms with E-state index < -0.39 is 28.3 Å². The van der Waals surface area contributed by atoms with Crippen LogP contribution in [0.15, 0.2) is 23.3 Å². The Morgan fingerprint density at radius 3 is 2.28 bits per heavy atom. The van der Waals surface area contributed by atoms with Crippen LogP contribution in [0.25, 0.3) is 0 Å². The van der Waals surface area contributed by atoms with Crippen molar-refractivity contribution >= 4 is 11.8 Å². The molecule has 0 amide bonds. The molecule has 0 bridgehead atoms. The number of Topliss-reactive ketones (excluding diaryl/α,β-unsaturated/α-hetero) is 1. The van der Waals surface area contributed by atoms with Crippen LogP contribution in [-0.4, -0.2) is 28.1 Å². The first kappa shape index (κ1) is 25.7. The van der Waals surface area contributed by atoms with E-state index in [1.54, 1.807) is 0 Å². The highest BCUT2D eigenvalue weighted by molar-refractivity contribution is 6.04. The molecule has 0 saturated heterocycles. The van der Waals surface area contributed by atoms with Crippen molar-refractivity contribution in [2.24, 2.45) is 50.2 Å². The molecule has 5 aliphatic carbocycles. The van der Waals surface area contributed by atoms with Crippen molar-refractivity contribution in [2.45, 2.75) is 99.5 Å². The molecule has 0 heterocycles. The number of hydrogen-bond donors (Lipinski definition) is 2. The number of allylic oxidation sites excluding steroid dienone is 3. The minimum atomic E-state index is -0.767. The molecule has 0 aromatic carbocycles. The lowest BCUT2D eigenvalue weighted by Crippen LogP contribution is -2.66. The van der Waals surface area contributed by atoms with Crippen molar-refractivity contribution in [1.82, 2.24) is 0 Å². The normalized spacial score (nSPS) is 48.7. The van der Waals surface area contributed by atoms with Crippen molar-refractivity contribution in [2.75, 3.05) is 0 Å². The molecule has 5 rings (SSSR count). The van der Waals surface area contributed by atoms with E-state index in [4.69, 9.17) is 0 Å². The van der Waals surface area contributed by atoms with E-state index in [0.29, 0.717) is 12.8 Å². The lowest BCUT2D eigenvalue weighted by Gasteiger charge is -2.70. The Bertz CT molecular complexity index is 1140. The molecule has 8 atom stereocenters. The minimum Gasteiger partial charge on any atom is -0.481 e. The first-order valence-electron chi connectivity index (χ1n) is 13.8. The maximum Gasteiger partial charge on any atom is 0.309 e. The fourth-order valence-corrected chi connectivity index (χ4v) is 10.3. The summed E-state index contributed by atoms with van der Waals surface area (Å²) in [5.41, 5.74) is -1.01. The van der Waals surface area contributed by atoms with Crippen molar-refractivity contribution in [1.29, 1.82) is 5.26 Å². The van der Waals surface area contributed by atoms with Gasteiger partial charge in [-0.15, -0.1) is 0 Å². The van der Waals surface area contributed by atoms with E-state index in [0.717, 1.165) is 37.7 Å². The van der Waals surface area contributed by atoms with Gasteiger partial charge in [-0.3, -0.25) is 9.59 Å². The lowest BCUT2D eigenvalue weighted by molar-refractivity contribution is -0.201. The molecule has 196 valence electrons. The summed E-state index contributed by atoms with van der Waals surface area (Å²) in [6.07, 6.45) is 8.78. The van der Waals surface area contributed by atoms with Gasteiger partial charge in [0.1, 0.15) is 6.07 Å². The zero-order chi connectivity index (χ0) is 26.7. The molecule has 0 aromatic rings. The Morgan fingerprint density at radius 2 is 1.67 bits per heavy atom. The highest BCUT2D eigenvalue weighted by Crippen LogP contribution is 2.75. The van der Waals surface area contributed by atoms with Crippen LogP contribution in [0.1, 0.15) is 93.4 Å².